The Morgan fingerprint density at radius 2 is 1.77 bits per heavy atom. The Morgan fingerprint density at radius 3 is 2.27 bits per heavy atom. The number of ether oxygens (including phenoxy) is 1. The number of Topliss-reactive ketones (excluding diaryl/α,β-unsaturated/α-hetero) is 1. The van der Waals surface area contributed by atoms with Crippen LogP contribution in [0.15, 0.2) is 53.6 Å². The van der Waals surface area contributed by atoms with E-state index in [4.69, 9.17) is 4.74 Å². The number of rotatable bonds is 9. The summed E-state index contributed by atoms with van der Waals surface area (Å²) in [5.41, 5.74) is 2.77. The summed E-state index contributed by atoms with van der Waals surface area (Å²) in [5.74, 6) is -0.0978. The predicted octanol–water partition coefficient (Wildman–Crippen LogP) is 6.13. The van der Waals surface area contributed by atoms with Gasteiger partial charge >= 0.3 is 0 Å². The minimum absolute atomic E-state index is 0.102. The van der Waals surface area contributed by atoms with Gasteiger partial charge in [0.15, 0.2) is 5.78 Å². The van der Waals surface area contributed by atoms with Crippen LogP contribution in [0.25, 0.3) is 0 Å². The van der Waals surface area contributed by atoms with E-state index in [9.17, 15) is 14.9 Å². The van der Waals surface area contributed by atoms with Crippen LogP contribution >= 0.6 is 0 Å². The standard InChI is InChI=1S/C23H31NO4.C2H6/c1-4-17(2)14-23(18(3)25)21(15-24(26)27)16-28-22-12-10-20(11-13-22)19-8-6-5-7-9-19;1-2/h4-9,14,20-22H,10-13,15-16H2,1-3H3;1-2H3/b17-4-,23-14+;. The molecular formula is C25H37NO4. The van der Waals surface area contributed by atoms with Crippen molar-refractivity contribution in [2.24, 2.45) is 5.92 Å². The van der Waals surface area contributed by atoms with Crippen molar-refractivity contribution in [3.8, 4) is 0 Å². The lowest BCUT2D eigenvalue weighted by Crippen LogP contribution is -2.29. The third-order valence-corrected chi connectivity index (χ3v) is 5.53. The number of nitrogens with zero attached hydrogens (tertiary/aromatic N) is 1. The Bertz CT molecular complexity index is 716. The molecule has 0 aliphatic heterocycles. The van der Waals surface area contributed by atoms with Gasteiger partial charge in [0.05, 0.1) is 18.6 Å². The number of carbonyl (C=O) groups excluding carboxylic acids is 1. The van der Waals surface area contributed by atoms with Crippen LogP contribution in [0, 0.1) is 16.0 Å². The zero-order valence-corrected chi connectivity index (χ0v) is 19.1. The smallest absolute Gasteiger partial charge is 0.213 e. The molecule has 1 aromatic rings. The average molecular weight is 416 g/mol. The fourth-order valence-corrected chi connectivity index (χ4v) is 3.80. The van der Waals surface area contributed by atoms with E-state index in [1.54, 1.807) is 6.08 Å². The zero-order valence-electron chi connectivity index (χ0n) is 19.1. The van der Waals surface area contributed by atoms with Crippen molar-refractivity contribution in [2.75, 3.05) is 13.2 Å². The van der Waals surface area contributed by atoms with Crippen molar-refractivity contribution in [2.45, 2.75) is 72.3 Å². The predicted molar refractivity (Wildman–Crippen MR) is 122 cm³/mol. The lowest BCUT2D eigenvalue weighted by molar-refractivity contribution is -0.487. The highest BCUT2D eigenvalue weighted by Gasteiger charge is 2.27. The second kappa shape index (κ2) is 13.9. The van der Waals surface area contributed by atoms with E-state index in [-0.39, 0.29) is 30.0 Å². The normalized spacial score (nSPS) is 20.7. The Balaban J connectivity index is 0.00000218. The maximum Gasteiger partial charge on any atom is 0.213 e. The zero-order chi connectivity index (χ0) is 22.5. The first-order valence-electron chi connectivity index (χ1n) is 11.0. The molecule has 1 saturated carbocycles. The van der Waals surface area contributed by atoms with Gasteiger partial charge in [0, 0.05) is 10.5 Å². The molecule has 0 heterocycles. The second-order valence-electron chi connectivity index (χ2n) is 7.62. The van der Waals surface area contributed by atoms with Crippen LogP contribution < -0.4 is 0 Å². The van der Waals surface area contributed by atoms with Gasteiger partial charge in [0.1, 0.15) is 0 Å². The summed E-state index contributed by atoms with van der Waals surface area (Å²) in [5, 5.41) is 11.1. The Morgan fingerprint density at radius 1 is 1.17 bits per heavy atom. The van der Waals surface area contributed by atoms with E-state index in [0.717, 1.165) is 31.3 Å². The fourth-order valence-electron chi connectivity index (χ4n) is 3.80. The largest absolute Gasteiger partial charge is 0.377 e. The monoisotopic (exact) mass is 415 g/mol. The summed E-state index contributed by atoms with van der Waals surface area (Å²) in [4.78, 5) is 22.9. The molecule has 0 radical (unpaired) electrons. The van der Waals surface area contributed by atoms with E-state index in [1.165, 1.54) is 12.5 Å². The fraction of sp³-hybridized carbons (Fsp3) is 0.560. The van der Waals surface area contributed by atoms with E-state index in [1.807, 2.05) is 39.8 Å². The van der Waals surface area contributed by atoms with Crippen molar-refractivity contribution >= 4 is 5.78 Å². The molecule has 1 aliphatic rings. The number of hydrogen-bond acceptors (Lipinski definition) is 4. The number of ketones is 1. The number of hydrogen-bond donors (Lipinski definition) is 0. The molecule has 5 nitrogen and oxygen atoms in total. The molecule has 0 amide bonds. The van der Waals surface area contributed by atoms with Crippen LogP contribution in [0.5, 0.6) is 0 Å². The molecule has 1 aromatic carbocycles. The Kier molecular flexibility index (Phi) is 11.9. The van der Waals surface area contributed by atoms with Crippen molar-refractivity contribution in [3.05, 3.63) is 69.3 Å². The van der Waals surface area contributed by atoms with Gasteiger partial charge in [0.2, 0.25) is 6.54 Å². The third-order valence-electron chi connectivity index (χ3n) is 5.53. The van der Waals surface area contributed by atoms with E-state index >= 15 is 0 Å². The molecule has 5 heteroatoms. The van der Waals surface area contributed by atoms with E-state index < -0.39 is 5.92 Å². The van der Waals surface area contributed by atoms with Crippen molar-refractivity contribution in [1.29, 1.82) is 0 Å². The molecule has 166 valence electrons. The van der Waals surface area contributed by atoms with Gasteiger partial charge in [-0.25, -0.2) is 0 Å². The summed E-state index contributed by atoms with van der Waals surface area (Å²) >= 11 is 0. The molecule has 30 heavy (non-hydrogen) atoms. The van der Waals surface area contributed by atoms with Crippen molar-refractivity contribution in [3.63, 3.8) is 0 Å². The molecule has 0 bridgehead atoms. The molecule has 0 aromatic heterocycles. The average Bonchev–Trinajstić information content (AvgIpc) is 2.76. The van der Waals surface area contributed by atoms with Gasteiger partial charge in [-0.05, 0) is 57.9 Å². The van der Waals surface area contributed by atoms with Crippen LogP contribution in [-0.2, 0) is 9.53 Å². The minimum atomic E-state index is -0.519. The molecule has 0 saturated heterocycles. The van der Waals surface area contributed by atoms with Gasteiger partial charge in [-0.3, -0.25) is 14.9 Å². The number of allylic oxidation sites excluding steroid dienone is 3. The number of nitro groups is 1. The number of benzene rings is 1. The summed E-state index contributed by atoms with van der Waals surface area (Å²) < 4.78 is 6.06. The first-order chi connectivity index (χ1) is 14.4. The molecule has 1 aliphatic carbocycles. The lowest BCUT2D eigenvalue weighted by atomic mass is 9.82. The molecule has 1 atom stereocenters. The first kappa shape index (κ1) is 25.8. The maximum absolute atomic E-state index is 12.1. The van der Waals surface area contributed by atoms with Crippen molar-refractivity contribution in [1.82, 2.24) is 0 Å². The second-order valence-corrected chi connectivity index (χ2v) is 7.62. The van der Waals surface area contributed by atoms with Gasteiger partial charge in [-0.15, -0.1) is 0 Å². The van der Waals surface area contributed by atoms with Gasteiger partial charge in [0.25, 0.3) is 0 Å². The SMILES string of the molecule is C/C=C(C)\C=C(/C(C)=O)C(COC1CCC(c2ccccc2)CC1)C[N+](=O)[O-].CC. The third kappa shape index (κ3) is 8.62. The maximum atomic E-state index is 12.1. The van der Waals surface area contributed by atoms with Crippen LogP contribution in [0.4, 0.5) is 0 Å². The van der Waals surface area contributed by atoms with Crippen LogP contribution in [-0.4, -0.2) is 30.0 Å². The quantitative estimate of drug-likeness (QED) is 0.210. The van der Waals surface area contributed by atoms with E-state index in [0.29, 0.717) is 11.5 Å². The summed E-state index contributed by atoms with van der Waals surface area (Å²) in [6.45, 7) is 9.16. The molecule has 0 spiro atoms. The van der Waals surface area contributed by atoms with Crippen LogP contribution in [0.1, 0.15) is 71.8 Å². The van der Waals surface area contributed by atoms with Gasteiger partial charge < -0.3 is 4.74 Å². The van der Waals surface area contributed by atoms with Crippen molar-refractivity contribution < 1.29 is 14.5 Å². The highest BCUT2D eigenvalue weighted by atomic mass is 16.6. The summed E-state index contributed by atoms with van der Waals surface area (Å²) in [7, 11) is 0. The molecule has 1 fully saturated rings. The van der Waals surface area contributed by atoms with Crippen LogP contribution in [0.3, 0.4) is 0 Å². The molecule has 1 unspecified atom stereocenters. The lowest BCUT2D eigenvalue weighted by Gasteiger charge is -2.30. The Hall–Kier alpha value is -2.27. The topological polar surface area (TPSA) is 69.4 Å². The molecule has 2 rings (SSSR count). The first-order valence-corrected chi connectivity index (χ1v) is 11.0. The Labute approximate surface area is 181 Å². The summed E-state index contributed by atoms with van der Waals surface area (Å²) in [6, 6.07) is 10.5. The summed E-state index contributed by atoms with van der Waals surface area (Å²) in [6.07, 6.45) is 7.74. The van der Waals surface area contributed by atoms with Crippen LogP contribution in [0.2, 0.25) is 0 Å². The number of carbonyl (C=O) groups is 1. The van der Waals surface area contributed by atoms with Gasteiger partial charge in [-0.1, -0.05) is 61.9 Å². The van der Waals surface area contributed by atoms with E-state index in [2.05, 4.69) is 24.3 Å². The molecule has 0 N–H and O–H groups in total. The molecular weight excluding hydrogens is 378 g/mol. The minimum Gasteiger partial charge on any atom is -0.377 e. The van der Waals surface area contributed by atoms with Gasteiger partial charge in [-0.2, -0.15) is 0 Å². The highest BCUT2D eigenvalue weighted by molar-refractivity contribution is 5.94. The highest BCUT2D eigenvalue weighted by Crippen LogP contribution is 2.34.